The molecule has 1 aromatic heterocycles. The van der Waals surface area contributed by atoms with Crippen LogP contribution < -0.4 is 5.32 Å². The first-order chi connectivity index (χ1) is 15.0. The zero-order chi connectivity index (χ0) is 21.8. The van der Waals surface area contributed by atoms with Gasteiger partial charge in [0.05, 0.1) is 23.9 Å². The Bertz CT molecular complexity index is 927. The zero-order valence-electron chi connectivity index (χ0n) is 18.2. The molecule has 0 bridgehead atoms. The Morgan fingerprint density at radius 2 is 1.97 bits per heavy atom. The van der Waals surface area contributed by atoms with Gasteiger partial charge in [0.25, 0.3) is 0 Å². The molecule has 4 rings (SSSR count). The van der Waals surface area contributed by atoms with E-state index in [1.54, 1.807) is 10.9 Å². The third kappa shape index (κ3) is 5.07. The highest BCUT2D eigenvalue weighted by atomic mass is 16.5. The summed E-state index contributed by atoms with van der Waals surface area (Å²) in [7, 11) is 1.48. The van der Waals surface area contributed by atoms with Crippen LogP contribution in [-0.4, -0.2) is 64.0 Å². The van der Waals surface area contributed by atoms with Gasteiger partial charge in [-0.2, -0.15) is 5.10 Å². The van der Waals surface area contributed by atoms with Gasteiger partial charge in [0.1, 0.15) is 6.61 Å². The van der Waals surface area contributed by atoms with Gasteiger partial charge in [-0.1, -0.05) is 19.3 Å². The highest BCUT2D eigenvalue weighted by molar-refractivity contribution is 5.94. The molecular formula is C23H32N4O4. The normalized spacial score (nSPS) is 19.5. The van der Waals surface area contributed by atoms with Gasteiger partial charge in [0.2, 0.25) is 11.8 Å². The van der Waals surface area contributed by atoms with Crippen LogP contribution in [0.15, 0.2) is 24.4 Å². The second-order valence-corrected chi connectivity index (χ2v) is 8.94. The summed E-state index contributed by atoms with van der Waals surface area (Å²) in [6.07, 6.45) is 8.38. The molecule has 0 unspecified atom stereocenters. The molecule has 1 aliphatic carbocycles. The van der Waals surface area contributed by atoms with Crippen molar-refractivity contribution in [3.05, 3.63) is 24.4 Å². The average Bonchev–Trinajstić information content (AvgIpc) is 3.16. The number of benzene rings is 1. The minimum absolute atomic E-state index is 0.00682. The second-order valence-electron chi connectivity index (χ2n) is 8.94. The molecule has 2 amide bonds. The summed E-state index contributed by atoms with van der Waals surface area (Å²) in [6, 6.07) is 5.59. The summed E-state index contributed by atoms with van der Waals surface area (Å²) in [5.74, 6) is 0.214. The van der Waals surface area contributed by atoms with Crippen LogP contribution in [0.1, 0.15) is 44.9 Å². The largest absolute Gasteiger partial charge is 0.388 e. The summed E-state index contributed by atoms with van der Waals surface area (Å²) < 4.78 is 6.65. The number of anilines is 1. The van der Waals surface area contributed by atoms with Crippen molar-refractivity contribution in [3.63, 3.8) is 0 Å². The SMILES string of the molecule is COCC(=O)Nc1ccc2cnn(CC3(O)CCN(C(=O)C4CCCCC4)CC3)c2c1. The van der Waals surface area contributed by atoms with Crippen molar-refractivity contribution in [2.45, 2.75) is 57.1 Å². The number of ether oxygens (including phenoxy) is 1. The van der Waals surface area contributed by atoms with E-state index in [0.717, 1.165) is 36.6 Å². The smallest absolute Gasteiger partial charge is 0.250 e. The minimum Gasteiger partial charge on any atom is -0.388 e. The van der Waals surface area contributed by atoms with E-state index in [1.807, 2.05) is 23.1 Å². The number of nitrogens with zero attached hydrogens (tertiary/aromatic N) is 3. The van der Waals surface area contributed by atoms with E-state index in [2.05, 4.69) is 10.4 Å². The highest BCUT2D eigenvalue weighted by Crippen LogP contribution is 2.30. The topological polar surface area (TPSA) is 96.7 Å². The van der Waals surface area contributed by atoms with E-state index in [1.165, 1.54) is 13.5 Å². The maximum atomic E-state index is 12.8. The third-order valence-electron chi connectivity index (χ3n) is 6.61. The van der Waals surface area contributed by atoms with Crippen LogP contribution in [0.2, 0.25) is 0 Å². The molecule has 168 valence electrons. The van der Waals surface area contributed by atoms with E-state index < -0.39 is 5.60 Å². The van der Waals surface area contributed by atoms with Gasteiger partial charge in [-0.05, 0) is 43.9 Å². The Kier molecular flexibility index (Phi) is 6.57. The molecule has 0 radical (unpaired) electrons. The lowest BCUT2D eigenvalue weighted by molar-refractivity contribution is -0.141. The highest BCUT2D eigenvalue weighted by Gasteiger charge is 2.36. The Balaban J connectivity index is 1.40. The maximum absolute atomic E-state index is 12.8. The summed E-state index contributed by atoms with van der Waals surface area (Å²) >= 11 is 0. The first-order valence-electron chi connectivity index (χ1n) is 11.2. The van der Waals surface area contributed by atoms with Crippen LogP contribution >= 0.6 is 0 Å². The van der Waals surface area contributed by atoms with Crippen molar-refractivity contribution >= 4 is 28.4 Å². The number of nitrogens with one attached hydrogen (secondary N) is 1. The molecule has 0 atom stereocenters. The van der Waals surface area contributed by atoms with Crippen molar-refractivity contribution in [1.29, 1.82) is 0 Å². The second kappa shape index (κ2) is 9.36. The summed E-state index contributed by atoms with van der Waals surface area (Å²) in [6.45, 7) is 1.53. The van der Waals surface area contributed by atoms with Gasteiger partial charge < -0.3 is 20.1 Å². The minimum atomic E-state index is -0.905. The first kappa shape index (κ1) is 21.8. The van der Waals surface area contributed by atoms with Gasteiger partial charge in [-0.25, -0.2) is 0 Å². The van der Waals surface area contributed by atoms with Crippen LogP contribution in [0.3, 0.4) is 0 Å². The molecule has 1 aromatic carbocycles. The molecule has 1 aliphatic heterocycles. The summed E-state index contributed by atoms with van der Waals surface area (Å²) in [5.41, 5.74) is 0.609. The van der Waals surface area contributed by atoms with Crippen LogP contribution in [0.4, 0.5) is 5.69 Å². The van der Waals surface area contributed by atoms with Gasteiger partial charge in [0, 0.05) is 37.2 Å². The van der Waals surface area contributed by atoms with Gasteiger partial charge in [0.15, 0.2) is 0 Å². The lowest BCUT2D eigenvalue weighted by Crippen LogP contribution is -2.50. The number of aliphatic hydroxyl groups is 1. The quantitative estimate of drug-likeness (QED) is 0.737. The van der Waals surface area contributed by atoms with Gasteiger partial charge in [-0.15, -0.1) is 0 Å². The van der Waals surface area contributed by atoms with Crippen molar-refractivity contribution in [2.24, 2.45) is 5.92 Å². The van der Waals surface area contributed by atoms with E-state index in [9.17, 15) is 14.7 Å². The molecule has 0 spiro atoms. The Morgan fingerprint density at radius 1 is 1.23 bits per heavy atom. The molecule has 2 fully saturated rings. The fourth-order valence-corrected chi connectivity index (χ4v) is 4.79. The molecular weight excluding hydrogens is 396 g/mol. The molecule has 8 heteroatoms. The number of amides is 2. The van der Waals surface area contributed by atoms with Crippen molar-refractivity contribution < 1.29 is 19.4 Å². The number of methoxy groups -OCH3 is 1. The lowest BCUT2D eigenvalue weighted by atomic mass is 9.86. The average molecular weight is 429 g/mol. The fraction of sp³-hybridized carbons (Fsp3) is 0.609. The number of piperidine rings is 1. The molecule has 2 N–H and O–H groups in total. The summed E-state index contributed by atoms with van der Waals surface area (Å²) in [5, 5.41) is 19.4. The Labute approximate surface area is 182 Å². The number of hydrogen-bond donors (Lipinski definition) is 2. The molecule has 1 saturated carbocycles. The predicted octanol–water partition coefficient (Wildman–Crippen LogP) is 2.55. The molecule has 1 saturated heterocycles. The van der Waals surface area contributed by atoms with Crippen LogP contribution in [0.25, 0.3) is 10.9 Å². The maximum Gasteiger partial charge on any atom is 0.250 e. The number of aromatic nitrogens is 2. The van der Waals surface area contributed by atoms with Crippen LogP contribution in [-0.2, 0) is 20.9 Å². The molecule has 2 heterocycles. The van der Waals surface area contributed by atoms with Crippen molar-refractivity contribution in [2.75, 3.05) is 32.1 Å². The molecule has 8 nitrogen and oxygen atoms in total. The molecule has 2 aliphatic rings. The summed E-state index contributed by atoms with van der Waals surface area (Å²) in [4.78, 5) is 26.6. The zero-order valence-corrected chi connectivity index (χ0v) is 18.2. The number of carbonyl (C=O) groups is 2. The van der Waals surface area contributed by atoms with E-state index >= 15 is 0 Å². The Hall–Kier alpha value is -2.45. The standard InChI is InChI=1S/C23H32N4O4/c1-31-15-21(28)25-19-8-7-18-14-24-27(20(18)13-19)16-23(30)9-11-26(12-10-23)22(29)17-5-3-2-4-6-17/h7-8,13-14,17,30H,2-6,9-12,15-16H2,1H3,(H,25,28). The van der Waals surface area contributed by atoms with Crippen LogP contribution in [0, 0.1) is 5.92 Å². The first-order valence-corrected chi connectivity index (χ1v) is 11.2. The lowest BCUT2D eigenvalue weighted by Gasteiger charge is -2.39. The van der Waals surface area contributed by atoms with Crippen molar-refractivity contribution in [1.82, 2.24) is 14.7 Å². The van der Waals surface area contributed by atoms with Crippen molar-refractivity contribution in [3.8, 4) is 0 Å². The van der Waals surface area contributed by atoms with E-state index in [-0.39, 0.29) is 24.3 Å². The third-order valence-corrected chi connectivity index (χ3v) is 6.61. The van der Waals surface area contributed by atoms with Crippen LogP contribution in [0.5, 0.6) is 0 Å². The number of fused-ring (bicyclic) bond motifs is 1. The number of rotatable bonds is 6. The number of likely N-dealkylation sites (tertiary alicyclic amines) is 1. The number of hydrogen-bond acceptors (Lipinski definition) is 5. The molecule has 31 heavy (non-hydrogen) atoms. The number of carbonyl (C=O) groups excluding carboxylic acids is 2. The molecule has 2 aromatic rings. The van der Waals surface area contributed by atoms with E-state index in [0.29, 0.717) is 38.2 Å². The predicted molar refractivity (Wildman–Crippen MR) is 118 cm³/mol. The van der Waals surface area contributed by atoms with Gasteiger partial charge >= 0.3 is 0 Å². The fourth-order valence-electron chi connectivity index (χ4n) is 4.79. The van der Waals surface area contributed by atoms with E-state index in [4.69, 9.17) is 4.74 Å². The Morgan fingerprint density at radius 3 is 2.68 bits per heavy atom. The van der Waals surface area contributed by atoms with Gasteiger partial charge in [-0.3, -0.25) is 14.3 Å². The monoisotopic (exact) mass is 428 g/mol.